The van der Waals surface area contributed by atoms with Crippen molar-refractivity contribution in [2.75, 3.05) is 0 Å². The van der Waals surface area contributed by atoms with Gasteiger partial charge in [0.15, 0.2) is 0 Å². The molecule has 0 spiro atoms. The molecule has 134 valence electrons. The van der Waals surface area contributed by atoms with Crippen LogP contribution in [0.25, 0.3) is 5.57 Å². The largest absolute Gasteiger partial charge is 0.445 e. The Morgan fingerprint density at radius 3 is 2.81 bits per heavy atom. The molecule has 26 heavy (non-hydrogen) atoms. The van der Waals surface area contributed by atoms with E-state index in [1.807, 2.05) is 54.4 Å². The molecule has 2 aliphatic rings. The van der Waals surface area contributed by atoms with Crippen LogP contribution >= 0.6 is 0 Å². The van der Waals surface area contributed by atoms with Crippen LogP contribution in [0.15, 0.2) is 54.7 Å². The number of carbonyl (C=O) groups is 1. The molecule has 1 amide bonds. The van der Waals surface area contributed by atoms with Gasteiger partial charge in [0.2, 0.25) is 0 Å². The number of fused-ring (bicyclic) bond motifs is 2. The number of hydrogen-bond acceptors (Lipinski definition) is 3. The van der Waals surface area contributed by atoms with E-state index in [-0.39, 0.29) is 18.2 Å². The normalized spacial score (nSPS) is 21.9. The summed E-state index contributed by atoms with van der Waals surface area (Å²) in [6.07, 6.45) is 7.96. The number of hydrogen-bond donors (Lipinski definition) is 0. The lowest BCUT2D eigenvalue weighted by molar-refractivity contribution is 0.0510. The van der Waals surface area contributed by atoms with Gasteiger partial charge in [-0.15, -0.1) is 0 Å². The molecular formula is C22H24N2O2. The number of aryl methyl sites for hydroxylation is 1. The fourth-order valence-electron chi connectivity index (χ4n) is 4.13. The van der Waals surface area contributed by atoms with E-state index in [1.54, 1.807) is 0 Å². The van der Waals surface area contributed by atoms with Crippen molar-refractivity contribution in [2.45, 2.75) is 51.3 Å². The van der Waals surface area contributed by atoms with Crippen molar-refractivity contribution >= 4 is 11.7 Å². The van der Waals surface area contributed by atoms with Crippen molar-refractivity contribution in [3.05, 3.63) is 71.6 Å². The Hall–Kier alpha value is -2.62. The third-order valence-electron chi connectivity index (χ3n) is 5.41. The van der Waals surface area contributed by atoms with Crippen LogP contribution in [0.3, 0.4) is 0 Å². The molecule has 1 fully saturated rings. The molecule has 4 rings (SSSR count). The maximum absolute atomic E-state index is 12.8. The number of carbonyl (C=O) groups excluding carboxylic acids is 1. The van der Waals surface area contributed by atoms with E-state index in [2.05, 4.69) is 17.1 Å². The number of rotatable bonds is 3. The Labute approximate surface area is 154 Å². The van der Waals surface area contributed by atoms with E-state index < -0.39 is 0 Å². The number of ether oxygens (including phenoxy) is 1. The number of pyridine rings is 1. The van der Waals surface area contributed by atoms with Gasteiger partial charge in [-0.2, -0.15) is 0 Å². The average Bonchev–Trinajstić information content (AvgIpc) is 2.66. The summed E-state index contributed by atoms with van der Waals surface area (Å²) in [4.78, 5) is 19.1. The van der Waals surface area contributed by atoms with Crippen molar-refractivity contribution in [3.63, 3.8) is 0 Å². The number of nitrogens with zero attached hydrogens (tertiary/aromatic N) is 2. The lowest BCUT2D eigenvalue weighted by atomic mass is 9.83. The molecular weight excluding hydrogens is 324 g/mol. The molecule has 2 bridgehead atoms. The van der Waals surface area contributed by atoms with Crippen LogP contribution in [0, 0.1) is 6.92 Å². The van der Waals surface area contributed by atoms with Gasteiger partial charge in [0.1, 0.15) is 6.61 Å². The van der Waals surface area contributed by atoms with Crippen molar-refractivity contribution < 1.29 is 9.53 Å². The maximum atomic E-state index is 12.8. The zero-order valence-electron chi connectivity index (χ0n) is 15.1. The molecule has 4 nitrogen and oxygen atoms in total. The quantitative estimate of drug-likeness (QED) is 0.805. The fraction of sp³-hybridized carbons (Fsp3) is 0.364. The van der Waals surface area contributed by atoms with Crippen LogP contribution in [0.2, 0.25) is 0 Å². The van der Waals surface area contributed by atoms with Crippen molar-refractivity contribution in [2.24, 2.45) is 0 Å². The van der Waals surface area contributed by atoms with Crippen molar-refractivity contribution in [1.29, 1.82) is 0 Å². The third-order valence-corrected chi connectivity index (χ3v) is 5.41. The first-order chi connectivity index (χ1) is 12.7. The van der Waals surface area contributed by atoms with Crippen LogP contribution in [-0.4, -0.2) is 28.1 Å². The highest BCUT2D eigenvalue weighted by Gasteiger charge is 2.38. The molecule has 2 aliphatic heterocycles. The van der Waals surface area contributed by atoms with Gasteiger partial charge in [-0.1, -0.05) is 42.5 Å². The van der Waals surface area contributed by atoms with E-state index in [0.717, 1.165) is 36.9 Å². The van der Waals surface area contributed by atoms with Gasteiger partial charge in [-0.3, -0.25) is 9.88 Å². The first-order valence-corrected chi connectivity index (χ1v) is 9.34. The van der Waals surface area contributed by atoms with E-state index in [4.69, 9.17) is 4.74 Å². The van der Waals surface area contributed by atoms with Gasteiger partial charge < -0.3 is 4.74 Å². The Morgan fingerprint density at radius 1 is 1.19 bits per heavy atom. The highest BCUT2D eigenvalue weighted by molar-refractivity contribution is 5.75. The van der Waals surface area contributed by atoms with Gasteiger partial charge >= 0.3 is 6.09 Å². The molecule has 0 saturated carbocycles. The van der Waals surface area contributed by atoms with Crippen LogP contribution in [-0.2, 0) is 11.3 Å². The zero-order chi connectivity index (χ0) is 17.9. The Kier molecular flexibility index (Phi) is 4.74. The summed E-state index contributed by atoms with van der Waals surface area (Å²) in [6.45, 7) is 2.38. The molecule has 4 heteroatoms. The standard InChI is InChI=1S/C22H24N2O2/c1-16-21(11-6-12-23-16)18-13-19-9-5-10-20(14-18)24(19)22(25)26-15-17-7-3-2-4-8-17/h2-4,6-8,11-13,19-20H,5,9-10,14-15H2,1H3. The summed E-state index contributed by atoms with van der Waals surface area (Å²) in [5, 5.41) is 0. The van der Waals surface area contributed by atoms with Crippen LogP contribution in [0.4, 0.5) is 4.79 Å². The highest BCUT2D eigenvalue weighted by atomic mass is 16.6. The molecule has 1 aromatic carbocycles. The van der Waals surface area contributed by atoms with Gasteiger partial charge in [-0.25, -0.2) is 4.79 Å². The molecule has 1 aromatic heterocycles. The van der Waals surface area contributed by atoms with E-state index in [9.17, 15) is 4.79 Å². The predicted octanol–water partition coefficient (Wildman–Crippen LogP) is 4.74. The maximum Gasteiger partial charge on any atom is 0.410 e. The number of amides is 1. The molecule has 2 aromatic rings. The number of piperidine rings is 1. The predicted molar refractivity (Wildman–Crippen MR) is 101 cm³/mol. The fourth-order valence-corrected chi connectivity index (χ4v) is 4.13. The second kappa shape index (κ2) is 7.32. The molecule has 2 unspecified atom stereocenters. The van der Waals surface area contributed by atoms with Crippen molar-refractivity contribution in [1.82, 2.24) is 9.88 Å². The first-order valence-electron chi connectivity index (χ1n) is 9.34. The van der Waals surface area contributed by atoms with E-state index in [0.29, 0.717) is 6.61 Å². The summed E-state index contributed by atoms with van der Waals surface area (Å²) >= 11 is 0. The number of benzene rings is 1. The van der Waals surface area contributed by atoms with E-state index >= 15 is 0 Å². The van der Waals surface area contributed by atoms with E-state index in [1.165, 1.54) is 11.1 Å². The Balaban J connectivity index is 1.51. The second-order valence-electron chi connectivity index (χ2n) is 7.13. The lowest BCUT2D eigenvalue weighted by Crippen LogP contribution is -2.51. The van der Waals surface area contributed by atoms with Crippen LogP contribution in [0.5, 0.6) is 0 Å². The summed E-state index contributed by atoms with van der Waals surface area (Å²) in [6, 6.07) is 14.3. The molecule has 0 N–H and O–H groups in total. The molecule has 1 saturated heterocycles. The monoisotopic (exact) mass is 348 g/mol. The molecule has 0 radical (unpaired) electrons. The van der Waals surface area contributed by atoms with Gasteiger partial charge in [0, 0.05) is 17.9 Å². The summed E-state index contributed by atoms with van der Waals surface area (Å²) in [5.74, 6) is 0. The van der Waals surface area contributed by atoms with Gasteiger partial charge in [0.25, 0.3) is 0 Å². The zero-order valence-corrected chi connectivity index (χ0v) is 15.1. The highest BCUT2D eigenvalue weighted by Crippen LogP contribution is 2.38. The number of aromatic nitrogens is 1. The first kappa shape index (κ1) is 16.8. The molecule has 3 heterocycles. The molecule has 2 atom stereocenters. The Bertz CT molecular complexity index is 816. The van der Waals surface area contributed by atoms with Crippen LogP contribution in [0.1, 0.15) is 42.5 Å². The molecule has 0 aliphatic carbocycles. The minimum atomic E-state index is -0.193. The summed E-state index contributed by atoms with van der Waals surface area (Å²) in [7, 11) is 0. The minimum Gasteiger partial charge on any atom is -0.445 e. The smallest absolute Gasteiger partial charge is 0.410 e. The third kappa shape index (κ3) is 3.36. The SMILES string of the molecule is Cc1ncccc1C1=CC2CCCC(C1)N2C(=O)OCc1ccccc1. The van der Waals surface area contributed by atoms with Crippen molar-refractivity contribution in [3.8, 4) is 0 Å². The topological polar surface area (TPSA) is 42.4 Å². The van der Waals surface area contributed by atoms with Gasteiger partial charge in [-0.05, 0) is 55.4 Å². The van der Waals surface area contributed by atoms with Gasteiger partial charge in [0.05, 0.1) is 6.04 Å². The summed E-state index contributed by atoms with van der Waals surface area (Å²) < 4.78 is 5.61. The second-order valence-corrected chi connectivity index (χ2v) is 7.13. The lowest BCUT2D eigenvalue weighted by Gasteiger charge is -2.44. The minimum absolute atomic E-state index is 0.125. The van der Waals surface area contributed by atoms with Crippen LogP contribution < -0.4 is 0 Å². The summed E-state index contributed by atoms with van der Waals surface area (Å²) in [5.41, 5.74) is 4.60. The average molecular weight is 348 g/mol. The Morgan fingerprint density at radius 2 is 2.04 bits per heavy atom.